The van der Waals surface area contributed by atoms with Gasteiger partial charge >= 0.3 is 6.18 Å². The van der Waals surface area contributed by atoms with Crippen LogP contribution in [-0.2, 0) is 16.6 Å². The van der Waals surface area contributed by atoms with Gasteiger partial charge in [0, 0.05) is 30.7 Å². The van der Waals surface area contributed by atoms with E-state index < -0.39 is 23.2 Å². The van der Waals surface area contributed by atoms with Crippen molar-refractivity contribution in [1.29, 1.82) is 0 Å². The Bertz CT molecular complexity index is 1080. The summed E-state index contributed by atoms with van der Waals surface area (Å²) in [5.41, 5.74) is 0.273. The molecule has 2 aliphatic rings. The van der Waals surface area contributed by atoms with Gasteiger partial charge in [-0.05, 0) is 62.8 Å². The van der Waals surface area contributed by atoms with E-state index in [0.29, 0.717) is 25.4 Å². The van der Waals surface area contributed by atoms with Crippen molar-refractivity contribution < 1.29 is 27.9 Å². The molecule has 36 heavy (non-hydrogen) atoms. The number of hydrogen-bond acceptors (Lipinski definition) is 4. The van der Waals surface area contributed by atoms with Crippen molar-refractivity contribution in [2.75, 3.05) is 19.6 Å². The van der Waals surface area contributed by atoms with Crippen LogP contribution in [-0.4, -0.2) is 53.5 Å². The van der Waals surface area contributed by atoms with E-state index in [1.807, 2.05) is 31.2 Å². The van der Waals surface area contributed by atoms with Crippen LogP contribution in [0.4, 0.5) is 13.2 Å². The van der Waals surface area contributed by atoms with Gasteiger partial charge in [0.25, 0.3) is 5.91 Å². The summed E-state index contributed by atoms with van der Waals surface area (Å²) in [6.45, 7) is 3.26. The monoisotopic (exact) mass is 503 g/mol. The molecule has 0 spiro atoms. The summed E-state index contributed by atoms with van der Waals surface area (Å²) in [4.78, 5) is 26.9. The van der Waals surface area contributed by atoms with Crippen molar-refractivity contribution in [3.63, 3.8) is 0 Å². The van der Waals surface area contributed by atoms with Gasteiger partial charge in [-0.3, -0.25) is 14.5 Å². The molecule has 3 N–H and O–H groups in total. The third kappa shape index (κ3) is 6.25. The zero-order valence-corrected chi connectivity index (χ0v) is 20.3. The number of likely N-dealkylation sites (tertiary alicyclic amines) is 1. The molecule has 4 rings (SSSR count). The zero-order valence-electron chi connectivity index (χ0n) is 20.3. The molecule has 1 heterocycles. The second-order valence-corrected chi connectivity index (χ2v) is 9.94. The van der Waals surface area contributed by atoms with Crippen molar-refractivity contribution in [3.05, 3.63) is 70.8 Å². The predicted molar refractivity (Wildman–Crippen MR) is 129 cm³/mol. The number of aliphatic hydroxyl groups is 1. The first kappa shape index (κ1) is 26.2. The fraction of sp³-hybridized carbons (Fsp3) is 0.481. The van der Waals surface area contributed by atoms with E-state index in [9.17, 15) is 27.9 Å². The Morgan fingerprint density at radius 1 is 1.08 bits per heavy atom. The molecule has 9 heteroatoms. The number of hydrogen-bond donors (Lipinski definition) is 3. The molecule has 194 valence electrons. The molecule has 2 fully saturated rings. The normalized spacial score (nSPS) is 24.9. The topological polar surface area (TPSA) is 81.7 Å². The molecule has 1 saturated heterocycles. The predicted octanol–water partition coefficient (Wildman–Crippen LogP) is 3.76. The highest BCUT2D eigenvalue weighted by Crippen LogP contribution is 2.39. The van der Waals surface area contributed by atoms with Crippen LogP contribution in [0.5, 0.6) is 0 Å². The average molecular weight is 504 g/mol. The van der Waals surface area contributed by atoms with E-state index in [-0.39, 0.29) is 24.1 Å². The maximum Gasteiger partial charge on any atom is 0.416 e. The van der Waals surface area contributed by atoms with Gasteiger partial charge in [-0.2, -0.15) is 13.2 Å². The lowest BCUT2D eigenvalue weighted by molar-refractivity contribution is -0.137. The van der Waals surface area contributed by atoms with Crippen LogP contribution in [0, 0.1) is 6.92 Å². The van der Waals surface area contributed by atoms with Gasteiger partial charge in [-0.25, -0.2) is 0 Å². The fourth-order valence-corrected chi connectivity index (χ4v) is 5.21. The van der Waals surface area contributed by atoms with Crippen molar-refractivity contribution in [2.45, 2.75) is 62.9 Å². The Kier molecular flexibility index (Phi) is 7.70. The first-order valence-corrected chi connectivity index (χ1v) is 12.3. The summed E-state index contributed by atoms with van der Waals surface area (Å²) < 4.78 is 38.6. The number of aryl methyl sites for hydroxylation is 1. The summed E-state index contributed by atoms with van der Waals surface area (Å²) >= 11 is 0. The number of nitrogens with zero attached hydrogens (tertiary/aromatic N) is 1. The lowest BCUT2D eigenvalue weighted by Gasteiger charge is -2.40. The number of carbonyl (C=O) groups excluding carboxylic acids is 2. The summed E-state index contributed by atoms with van der Waals surface area (Å²) in [6.07, 6.45) is -0.631. The molecular formula is C27H32F3N3O3. The number of benzene rings is 2. The first-order valence-electron chi connectivity index (χ1n) is 12.3. The van der Waals surface area contributed by atoms with Crippen LogP contribution in [0.15, 0.2) is 48.5 Å². The Labute approximate surface area is 208 Å². The molecule has 0 radical (unpaired) electrons. The number of amides is 2. The third-order valence-corrected chi connectivity index (χ3v) is 7.33. The lowest BCUT2D eigenvalue weighted by Crippen LogP contribution is -2.45. The highest BCUT2D eigenvalue weighted by Gasteiger charge is 2.38. The molecule has 6 nitrogen and oxygen atoms in total. The van der Waals surface area contributed by atoms with Gasteiger partial charge in [-0.15, -0.1) is 0 Å². The molecule has 2 amide bonds. The molecule has 1 aliphatic carbocycles. The molecule has 0 bridgehead atoms. The van der Waals surface area contributed by atoms with Gasteiger partial charge in [0.05, 0.1) is 17.7 Å². The fourth-order valence-electron chi connectivity index (χ4n) is 5.21. The second kappa shape index (κ2) is 10.6. The number of alkyl halides is 3. The minimum atomic E-state index is -4.54. The summed E-state index contributed by atoms with van der Waals surface area (Å²) in [5.74, 6) is -1.10. The minimum absolute atomic E-state index is 0.0548. The van der Waals surface area contributed by atoms with E-state index in [1.54, 1.807) is 0 Å². The van der Waals surface area contributed by atoms with Gasteiger partial charge in [0.15, 0.2) is 0 Å². The van der Waals surface area contributed by atoms with Crippen LogP contribution >= 0.6 is 0 Å². The maximum atomic E-state index is 12.9. The van der Waals surface area contributed by atoms with E-state index in [4.69, 9.17) is 0 Å². The number of carbonyl (C=O) groups is 2. The molecule has 2 aromatic rings. The highest BCUT2D eigenvalue weighted by atomic mass is 19.4. The minimum Gasteiger partial charge on any atom is -0.385 e. The largest absolute Gasteiger partial charge is 0.416 e. The van der Waals surface area contributed by atoms with Crippen LogP contribution in [0.3, 0.4) is 0 Å². The van der Waals surface area contributed by atoms with Gasteiger partial charge < -0.3 is 15.7 Å². The van der Waals surface area contributed by atoms with E-state index >= 15 is 0 Å². The quantitative estimate of drug-likeness (QED) is 0.561. The number of nitrogens with one attached hydrogen (secondary N) is 2. The first-order chi connectivity index (χ1) is 17.0. The van der Waals surface area contributed by atoms with E-state index in [1.165, 1.54) is 6.07 Å². The Morgan fingerprint density at radius 2 is 1.78 bits per heavy atom. The zero-order chi connectivity index (χ0) is 25.9. The van der Waals surface area contributed by atoms with Gasteiger partial charge in [-0.1, -0.05) is 35.9 Å². The number of halogens is 3. The lowest BCUT2D eigenvalue weighted by atomic mass is 9.77. The van der Waals surface area contributed by atoms with Crippen LogP contribution in [0.1, 0.15) is 59.2 Å². The van der Waals surface area contributed by atoms with Crippen molar-refractivity contribution in [1.82, 2.24) is 15.5 Å². The SMILES string of the molecule is Cc1ccc(C2(O)CCC(N3CC[C@H](NC(=O)CNC(=O)c4cccc(C(F)(F)F)c4)C3)CC2)cc1. The number of rotatable bonds is 6. The van der Waals surface area contributed by atoms with Gasteiger partial charge in [0.2, 0.25) is 5.91 Å². The van der Waals surface area contributed by atoms with E-state index in [0.717, 1.165) is 55.1 Å². The van der Waals surface area contributed by atoms with Crippen LogP contribution in [0.25, 0.3) is 0 Å². The molecule has 0 aromatic heterocycles. The smallest absolute Gasteiger partial charge is 0.385 e. The summed E-state index contributed by atoms with van der Waals surface area (Å²) in [7, 11) is 0. The Morgan fingerprint density at radius 3 is 2.44 bits per heavy atom. The van der Waals surface area contributed by atoms with Gasteiger partial charge in [0.1, 0.15) is 0 Å². The molecule has 1 aliphatic heterocycles. The molecule has 2 aromatic carbocycles. The molecular weight excluding hydrogens is 471 g/mol. The molecule has 1 saturated carbocycles. The molecule has 1 atom stereocenters. The standard InChI is InChI=1S/C27H32F3N3O3/c1-18-5-7-20(8-6-18)26(36)12-9-23(10-13-26)33-14-11-22(17-33)32-24(34)16-31-25(35)19-3-2-4-21(15-19)27(28,29)30/h2-8,15,22-23,36H,9-14,16-17H2,1H3,(H,31,35)(H,32,34)/t22-,23?,26?/m0/s1. The van der Waals surface area contributed by atoms with E-state index in [2.05, 4.69) is 15.5 Å². The van der Waals surface area contributed by atoms with Crippen molar-refractivity contribution in [2.24, 2.45) is 0 Å². The Hall–Kier alpha value is -2.91. The average Bonchev–Trinajstić information content (AvgIpc) is 3.31. The molecule has 0 unspecified atom stereocenters. The van der Waals surface area contributed by atoms with Crippen LogP contribution < -0.4 is 10.6 Å². The third-order valence-electron chi connectivity index (χ3n) is 7.33. The highest BCUT2D eigenvalue weighted by molar-refractivity contribution is 5.96. The summed E-state index contributed by atoms with van der Waals surface area (Å²) in [5, 5.41) is 16.4. The van der Waals surface area contributed by atoms with Crippen molar-refractivity contribution in [3.8, 4) is 0 Å². The van der Waals surface area contributed by atoms with Crippen LogP contribution in [0.2, 0.25) is 0 Å². The van der Waals surface area contributed by atoms with Crippen molar-refractivity contribution >= 4 is 11.8 Å². The summed E-state index contributed by atoms with van der Waals surface area (Å²) in [6, 6.07) is 12.4. The second-order valence-electron chi connectivity index (χ2n) is 9.94. The maximum absolute atomic E-state index is 12.9. The Balaban J connectivity index is 1.21.